The van der Waals surface area contributed by atoms with Crippen molar-refractivity contribution in [3.8, 4) is 17.2 Å². The van der Waals surface area contributed by atoms with Gasteiger partial charge in [0.25, 0.3) is 5.69 Å². The number of rotatable bonds is 2. The molecule has 88 valence electrons. The van der Waals surface area contributed by atoms with Gasteiger partial charge in [0.15, 0.2) is 0 Å². The van der Waals surface area contributed by atoms with Crippen LogP contribution in [0, 0.1) is 21.4 Å². The molecule has 4 nitrogen and oxygen atoms in total. The first-order chi connectivity index (χ1) is 8.63. The van der Waals surface area contributed by atoms with Crippen LogP contribution in [0.5, 0.6) is 0 Å². The average molecular weight is 259 g/mol. The van der Waals surface area contributed by atoms with Crippen LogP contribution in [0.1, 0.15) is 5.56 Å². The molecule has 0 aliphatic heterocycles. The normalized spacial score (nSPS) is 9.78. The number of halogens is 1. The summed E-state index contributed by atoms with van der Waals surface area (Å²) in [6, 6.07) is 13.4. The van der Waals surface area contributed by atoms with Gasteiger partial charge in [-0.25, -0.2) is 0 Å². The van der Waals surface area contributed by atoms with Gasteiger partial charge in [-0.3, -0.25) is 10.1 Å². The van der Waals surface area contributed by atoms with Crippen molar-refractivity contribution in [2.75, 3.05) is 0 Å². The molecule has 0 heterocycles. The highest BCUT2D eigenvalue weighted by Gasteiger charge is 2.18. The maximum atomic E-state index is 11.0. The standard InChI is InChI=1S/C13H7ClN2O2/c14-12-7-13(16(17)18)11(6-10(12)8-15)9-4-2-1-3-5-9/h1-7H. The fourth-order valence-corrected chi connectivity index (χ4v) is 1.85. The summed E-state index contributed by atoms with van der Waals surface area (Å²) < 4.78 is 0. The van der Waals surface area contributed by atoms with E-state index >= 15 is 0 Å². The molecule has 0 atom stereocenters. The van der Waals surface area contributed by atoms with E-state index in [2.05, 4.69) is 0 Å². The smallest absolute Gasteiger partial charge is 0.258 e. The minimum Gasteiger partial charge on any atom is -0.258 e. The number of nitrogens with zero attached hydrogens (tertiary/aromatic N) is 2. The highest BCUT2D eigenvalue weighted by Crippen LogP contribution is 2.34. The van der Waals surface area contributed by atoms with E-state index in [0.717, 1.165) is 0 Å². The largest absolute Gasteiger partial charge is 0.278 e. The summed E-state index contributed by atoms with van der Waals surface area (Å²) >= 11 is 5.81. The van der Waals surface area contributed by atoms with E-state index < -0.39 is 4.92 Å². The minimum atomic E-state index is -0.505. The quantitative estimate of drug-likeness (QED) is 0.608. The van der Waals surface area contributed by atoms with E-state index in [1.165, 1.54) is 12.1 Å². The number of nitro benzene ring substituents is 1. The Balaban J connectivity index is 2.73. The Morgan fingerprint density at radius 2 is 1.89 bits per heavy atom. The molecule has 0 N–H and O–H groups in total. The molecule has 0 spiro atoms. The predicted molar refractivity (Wildman–Crippen MR) is 68.3 cm³/mol. The lowest BCUT2D eigenvalue weighted by molar-refractivity contribution is -0.384. The molecule has 0 bridgehead atoms. The van der Waals surface area contributed by atoms with Crippen LogP contribution < -0.4 is 0 Å². The molecule has 0 saturated heterocycles. The molecule has 0 aromatic heterocycles. The predicted octanol–water partition coefficient (Wildman–Crippen LogP) is 3.79. The third-order valence-electron chi connectivity index (χ3n) is 2.49. The first-order valence-corrected chi connectivity index (χ1v) is 5.44. The van der Waals surface area contributed by atoms with Gasteiger partial charge in [0.1, 0.15) is 6.07 Å². The summed E-state index contributed by atoms with van der Waals surface area (Å²) in [5, 5.41) is 20.0. The van der Waals surface area contributed by atoms with Crippen molar-refractivity contribution in [1.82, 2.24) is 0 Å². The molecular weight excluding hydrogens is 252 g/mol. The first-order valence-electron chi connectivity index (χ1n) is 5.07. The fraction of sp³-hybridized carbons (Fsp3) is 0. The SMILES string of the molecule is N#Cc1cc(-c2ccccc2)c([N+](=O)[O-])cc1Cl. The third kappa shape index (κ3) is 2.17. The zero-order chi connectivity index (χ0) is 13.1. The molecule has 5 heteroatoms. The number of nitriles is 1. The van der Waals surface area contributed by atoms with Gasteiger partial charge in [0, 0.05) is 6.07 Å². The first kappa shape index (κ1) is 12.1. The molecule has 18 heavy (non-hydrogen) atoms. The van der Waals surface area contributed by atoms with Gasteiger partial charge < -0.3 is 0 Å². The van der Waals surface area contributed by atoms with E-state index in [0.29, 0.717) is 11.1 Å². The van der Waals surface area contributed by atoms with Crippen molar-refractivity contribution in [2.45, 2.75) is 0 Å². The topological polar surface area (TPSA) is 66.9 Å². The number of nitro groups is 1. The van der Waals surface area contributed by atoms with Crippen LogP contribution in [0.2, 0.25) is 5.02 Å². The Kier molecular flexibility index (Phi) is 3.26. The van der Waals surface area contributed by atoms with Crippen LogP contribution in [-0.2, 0) is 0 Å². The second kappa shape index (κ2) is 4.86. The van der Waals surface area contributed by atoms with Crippen LogP contribution >= 0.6 is 11.6 Å². The maximum Gasteiger partial charge on any atom is 0.278 e. The van der Waals surface area contributed by atoms with E-state index in [9.17, 15) is 10.1 Å². The molecule has 0 unspecified atom stereocenters. The maximum absolute atomic E-state index is 11.0. The molecular formula is C13H7ClN2O2. The molecule has 0 aliphatic rings. The summed E-state index contributed by atoms with van der Waals surface area (Å²) in [4.78, 5) is 10.5. The Labute approximate surface area is 108 Å². The highest BCUT2D eigenvalue weighted by atomic mass is 35.5. The zero-order valence-corrected chi connectivity index (χ0v) is 9.89. The van der Waals surface area contributed by atoms with Crippen molar-refractivity contribution in [1.29, 1.82) is 5.26 Å². The lowest BCUT2D eigenvalue weighted by Gasteiger charge is -2.05. The van der Waals surface area contributed by atoms with Crippen molar-refractivity contribution in [2.24, 2.45) is 0 Å². The monoisotopic (exact) mass is 258 g/mol. The van der Waals surface area contributed by atoms with E-state index in [-0.39, 0.29) is 16.3 Å². The third-order valence-corrected chi connectivity index (χ3v) is 2.80. The summed E-state index contributed by atoms with van der Waals surface area (Å²) in [6.07, 6.45) is 0. The fourth-order valence-electron chi connectivity index (χ4n) is 1.65. The van der Waals surface area contributed by atoms with Gasteiger partial charge in [-0.05, 0) is 11.6 Å². The average Bonchev–Trinajstić information content (AvgIpc) is 2.39. The molecule has 2 rings (SSSR count). The van der Waals surface area contributed by atoms with Gasteiger partial charge in [-0.1, -0.05) is 41.9 Å². The number of benzene rings is 2. The Morgan fingerprint density at radius 1 is 1.22 bits per heavy atom. The van der Waals surface area contributed by atoms with Crippen LogP contribution in [0.25, 0.3) is 11.1 Å². The molecule has 2 aromatic rings. The Hall–Kier alpha value is -2.38. The van der Waals surface area contributed by atoms with Crippen molar-refractivity contribution >= 4 is 17.3 Å². The molecule has 0 saturated carbocycles. The van der Waals surface area contributed by atoms with Crippen LogP contribution in [0.3, 0.4) is 0 Å². The molecule has 0 aliphatic carbocycles. The van der Waals surface area contributed by atoms with Crippen molar-refractivity contribution < 1.29 is 4.92 Å². The van der Waals surface area contributed by atoms with Crippen LogP contribution in [-0.4, -0.2) is 4.92 Å². The molecule has 0 radical (unpaired) electrons. The summed E-state index contributed by atoms with van der Waals surface area (Å²) in [5.74, 6) is 0. The zero-order valence-electron chi connectivity index (χ0n) is 9.13. The van der Waals surface area contributed by atoms with Gasteiger partial charge >= 0.3 is 0 Å². The van der Waals surface area contributed by atoms with E-state index in [1.807, 2.05) is 12.1 Å². The summed E-state index contributed by atoms with van der Waals surface area (Å²) in [5.41, 5.74) is 1.19. The van der Waals surface area contributed by atoms with Crippen molar-refractivity contribution in [3.05, 3.63) is 63.2 Å². The van der Waals surface area contributed by atoms with Crippen molar-refractivity contribution in [3.63, 3.8) is 0 Å². The van der Waals surface area contributed by atoms with E-state index in [4.69, 9.17) is 16.9 Å². The van der Waals surface area contributed by atoms with Gasteiger partial charge in [-0.15, -0.1) is 0 Å². The van der Waals surface area contributed by atoms with Gasteiger partial charge in [0.05, 0.1) is 21.1 Å². The highest BCUT2D eigenvalue weighted by molar-refractivity contribution is 6.32. The second-order valence-electron chi connectivity index (χ2n) is 3.58. The molecule has 0 amide bonds. The minimum absolute atomic E-state index is 0.0869. The summed E-state index contributed by atoms with van der Waals surface area (Å²) in [6.45, 7) is 0. The van der Waals surface area contributed by atoms with E-state index in [1.54, 1.807) is 24.3 Å². The molecule has 2 aromatic carbocycles. The lowest BCUT2D eigenvalue weighted by Crippen LogP contribution is -1.93. The Bertz CT molecular complexity index is 648. The van der Waals surface area contributed by atoms with Gasteiger partial charge in [0.2, 0.25) is 0 Å². The van der Waals surface area contributed by atoms with Crippen LogP contribution in [0.4, 0.5) is 5.69 Å². The number of hydrogen-bond acceptors (Lipinski definition) is 3. The second-order valence-corrected chi connectivity index (χ2v) is 3.99. The van der Waals surface area contributed by atoms with Gasteiger partial charge in [-0.2, -0.15) is 5.26 Å². The summed E-state index contributed by atoms with van der Waals surface area (Å²) in [7, 11) is 0. The lowest BCUT2D eigenvalue weighted by atomic mass is 10.0. The molecule has 0 fully saturated rings. The Morgan fingerprint density at radius 3 is 2.44 bits per heavy atom. The van der Waals surface area contributed by atoms with Crippen LogP contribution in [0.15, 0.2) is 42.5 Å². The number of hydrogen-bond donors (Lipinski definition) is 0.